The molecule has 0 amide bonds. The lowest BCUT2D eigenvalue weighted by atomic mass is 9.81. The van der Waals surface area contributed by atoms with Gasteiger partial charge in [0.05, 0.1) is 0 Å². The monoisotopic (exact) mass is 237 g/mol. The fourth-order valence-electron chi connectivity index (χ4n) is 3.78. The molecule has 2 heteroatoms. The third-order valence-electron chi connectivity index (χ3n) is 5.30. The molecular formula is C15H27NO. The van der Waals surface area contributed by atoms with Crippen LogP contribution in [0.2, 0.25) is 0 Å². The summed E-state index contributed by atoms with van der Waals surface area (Å²) < 4.78 is 0. The lowest BCUT2D eigenvalue weighted by molar-refractivity contribution is -0.118. The van der Waals surface area contributed by atoms with Crippen molar-refractivity contribution in [3.05, 3.63) is 0 Å². The molecule has 0 N–H and O–H groups in total. The lowest BCUT2D eigenvalue weighted by Crippen LogP contribution is -2.43. The third kappa shape index (κ3) is 2.57. The molecule has 2 rings (SSSR count). The van der Waals surface area contributed by atoms with Gasteiger partial charge in [-0.2, -0.15) is 0 Å². The minimum absolute atomic E-state index is 0.0770. The van der Waals surface area contributed by atoms with E-state index in [1.165, 1.54) is 44.9 Å². The van der Waals surface area contributed by atoms with Crippen LogP contribution in [0, 0.1) is 11.3 Å². The summed E-state index contributed by atoms with van der Waals surface area (Å²) in [6, 6.07) is 0.793. The maximum atomic E-state index is 11.4. The first kappa shape index (κ1) is 13.1. The van der Waals surface area contributed by atoms with E-state index in [4.69, 9.17) is 0 Å². The lowest BCUT2D eigenvalue weighted by Gasteiger charge is -2.37. The molecule has 2 unspecified atom stereocenters. The van der Waals surface area contributed by atoms with Crippen LogP contribution in [0.4, 0.5) is 0 Å². The van der Waals surface area contributed by atoms with Crippen molar-refractivity contribution in [1.29, 1.82) is 0 Å². The first-order valence-electron chi connectivity index (χ1n) is 7.45. The second kappa shape index (κ2) is 5.51. The van der Waals surface area contributed by atoms with E-state index >= 15 is 0 Å². The van der Waals surface area contributed by atoms with Crippen molar-refractivity contribution < 1.29 is 4.79 Å². The molecule has 0 spiro atoms. The zero-order valence-electron chi connectivity index (χ0n) is 11.5. The van der Waals surface area contributed by atoms with Gasteiger partial charge in [0, 0.05) is 18.0 Å². The van der Waals surface area contributed by atoms with Crippen LogP contribution in [-0.4, -0.2) is 30.3 Å². The SMILES string of the molecule is CCC(C=O)(CC)CN1CCC2CCCCC21. The Labute approximate surface area is 106 Å². The molecule has 0 aromatic heterocycles. The van der Waals surface area contributed by atoms with E-state index in [-0.39, 0.29) is 5.41 Å². The maximum absolute atomic E-state index is 11.4. The molecule has 0 radical (unpaired) electrons. The molecule has 1 saturated heterocycles. The molecule has 0 aromatic carbocycles. The number of carbonyl (C=O) groups excluding carboxylic acids is 1. The summed E-state index contributed by atoms with van der Waals surface area (Å²) in [4.78, 5) is 14.0. The van der Waals surface area contributed by atoms with Crippen LogP contribution in [0.5, 0.6) is 0 Å². The molecule has 2 atom stereocenters. The number of aldehydes is 1. The van der Waals surface area contributed by atoms with Crippen LogP contribution < -0.4 is 0 Å². The maximum Gasteiger partial charge on any atom is 0.127 e. The van der Waals surface area contributed by atoms with Gasteiger partial charge in [0.25, 0.3) is 0 Å². The minimum atomic E-state index is -0.0770. The number of carbonyl (C=O) groups is 1. The van der Waals surface area contributed by atoms with Gasteiger partial charge < -0.3 is 4.79 Å². The predicted molar refractivity (Wildman–Crippen MR) is 71.0 cm³/mol. The highest BCUT2D eigenvalue weighted by Gasteiger charge is 2.39. The first-order chi connectivity index (χ1) is 8.24. The summed E-state index contributed by atoms with van der Waals surface area (Å²) >= 11 is 0. The largest absolute Gasteiger partial charge is 0.303 e. The Balaban J connectivity index is 2.00. The predicted octanol–water partition coefficient (Wildman–Crippen LogP) is 3.26. The van der Waals surface area contributed by atoms with Gasteiger partial charge in [-0.25, -0.2) is 0 Å². The molecular weight excluding hydrogens is 210 g/mol. The van der Waals surface area contributed by atoms with Crippen LogP contribution in [0.1, 0.15) is 58.8 Å². The van der Waals surface area contributed by atoms with E-state index in [0.717, 1.165) is 31.3 Å². The second-order valence-corrected chi connectivity index (χ2v) is 6.06. The Morgan fingerprint density at radius 3 is 2.53 bits per heavy atom. The van der Waals surface area contributed by atoms with Gasteiger partial charge in [-0.1, -0.05) is 26.7 Å². The zero-order valence-corrected chi connectivity index (χ0v) is 11.5. The van der Waals surface area contributed by atoms with Gasteiger partial charge in [0.1, 0.15) is 6.29 Å². The van der Waals surface area contributed by atoms with Crippen molar-refractivity contribution in [3.63, 3.8) is 0 Å². The van der Waals surface area contributed by atoms with Crippen LogP contribution in [0.15, 0.2) is 0 Å². The van der Waals surface area contributed by atoms with Gasteiger partial charge in [0.15, 0.2) is 0 Å². The summed E-state index contributed by atoms with van der Waals surface area (Å²) in [6.07, 6.45) is 10.2. The standard InChI is InChI=1S/C15H27NO/c1-3-15(4-2,12-17)11-16-10-9-13-7-5-6-8-14(13)16/h12-14H,3-11H2,1-2H3. The third-order valence-corrected chi connectivity index (χ3v) is 5.30. The molecule has 2 aliphatic rings. The Hall–Kier alpha value is -0.370. The van der Waals surface area contributed by atoms with Crippen molar-refractivity contribution in [2.75, 3.05) is 13.1 Å². The summed E-state index contributed by atoms with van der Waals surface area (Å²) in [6.45, 7) is 6.55. The number of nitrogens with zero attached hydrogens (tertiary/aromatic N) is 1. The molecule has 98 valence electrons. The number of fused-ring (bicyclic) bond motifs is 1. The highest BCUT2D eigenvalue weighted by atomic mass is 16.1. The zero-order chi connectivity index (χ0) is 12.3. The van der Waals surface area contributed by atoms with E-state index < -0.39 is 0 Å². The average Bonchev–Trinajstić information content (AvgIpc) is 2.79. The summed E-state index contributed by atoms with van der Waals surface area (Å²) in [5.74, 6) is 0.932. The Morgan fingerprint density at radius 1 is 1.18 bits per heavy atom. The molecule has 2 fully saturated rings. The summed E-state index contributed by atoms with van der Waals surface area (Å²) in [7, 11) is 0. The van der Waals surface area contributed by atoms with Crippen LogP contribution in [-0.2, 0) is 4.79 Å². The number of hydrogen-bond donors (Lipinski definition) is 0. The van der Waals surface area contributed by atoms with Gasteiger partial charge in [0.2, 0.25) is 0 Å². The highest BCUT2D eigenvalue weighted by molar-refractivity contribution is 5.59. The van der Waals surface area contributed by atoms with Crippen molar-refractivity contribution in [2.45, 2.75) is 64.8 Å². The Bertz CT molecular complexity index is 260. The quantitative estimate of drug-likeness (QED) is 0.684. The van der Waals surface area contributed by atoms with Crippen LogP contribution in [0.3, 0.4) is 0 Å². The van der Waals surface area contributed by atoms with E-state index in [1.54, 1.807) is 0 Å². The molecule has 2 nitrogen and oxygen atoms in total. The van der Waals surface area contributed by atoms with Crippen LogP contribution in [0.25, 0.3) is 0 Å². The van der Waals surface area contributed by atoms with E-state index in [2.05, 4.69) is 18.7 Å². The van der Waals surface area contributed by atoms with Crippen molar-refractivity contribution in [1.82, 2.24) is 4.90 Å². The van der Waals surface area contributed by atoms with Crippen LogP contribution >= 0.6 is 0 Å². The second-order valence-electron chi connectivity index (χ2n) is 6.06. The molecule has 1 aliphatic heterocycles. The van der Waals surface area contributed by atoms with Crippen molar-refractivity contribution in [3.8, 4) is 0 Å². The van der Waals surface area contributed by atoms with E-state index in [1.807, 2.05) is 0 Å². The Kier molecular flexibility index (Phi) is 4.24. The van der Waals surface area contributed by atoms with Gasteiger partial charge >= 0.3 is 0 Å². The number of hydrogen-bond acceptors (Lipinski definition) is 2. The fourth-order valence-corrected chi connectivity index (χ4v) is 3.78. The highest BCUT2D eigenvalue weighted by Crippen LogP contribution is 2.38. The molecule has 1 saturated carbocycles. The smallest absolute Gasteiger partial charge is 0.127 e. The topological polar surface area (TPSA) is 20.3 Å². The molecule has 0 aromatic rings. The van der Waals surface area contributed by atoms with Gasteiger partial charge in [-0.3, -0.25) is 4.90 Å². The first-order valence-corrected chi connectivity index (χ1v) is 7.45. The minimum Gasteiger partial charge on any atom is -0.303 e. The number of rotatable bonds is 5. The Morgan fingerprint density at radius 2 is 1.88 bits per heavy atom. The summed E-state index contributed by atoms with van der Waals surface area (Å²) in [5, 5.41) is 0. The van der Waals surface area contributed by atoms with E-state index in [9.17, 15) is 4.79 Å². The normalized spacial score (nSPS) is 30.2. The van der Waals surface area contributed by atoms with Gasteiger partial charge in [-0.15, -0.1) is 0 Å². The summed E-state index contributed by atoms with van der Waals surface area (Å²) in [5.41, 5.74) is -0.0770. The average molecular weight is 237 g/mol. The molecule has 1 heterocycles. The van der Waals surface area contributed by atoms with Crippen molar-refractivity contribution >= 4 is 6.29 Å². The fraction of sp³-hybridized carbons (Fsp3) is 0.933. The number of likely N-dealkylation sites (tertiary alicyclic amines) is 1. The molecule has 1 aliphatic carbocycles. The van der Waals surface area contributed by atoms with E-state index in [0.29, 0.717) is 0 Å². The molecule has 0 bridgehead atoms. The molecule has 17 heavy (non-hydrogen) atoms. The van der Waals surface area contributed by atoms with Crippen molar-refractivity contribution in [2.24, 2.45) is 11.3 Å². The van der Waals surface area contributed by atoms with Gasteiger partial charge in [-0.05, 0) is 44.6 Å².